The van der Waals surface area contributed by atoms with E-state index in [9.17, 15) is 36.7 Å². The molecule has 43 heavy (non-hydrogen) atoms. The first kappa shape index (κ1) is 28.8. The number of hydrogen-bond donors (Lipinski definition) is 2. The lowest BCUT2D eigenvalue weighted by atomic mass is 10.1. The summed E-state index contributed by atoms with van der Waals surface area (Å²) < 4.78 is 57.3. The molecular formula is C28H19F4N7O4. The van der Waals surface area contributed by atoms with Crippen molar-refractivity contribution in [2.75, 3.05) is 31.5 Å². The van der Waals surface area contributed by atoms with Crippen molar-refractivity contribution in [2.24, 2.45) is 5.11 Å². The summed E-state index contributed by atoms with van der Waals surface area (Å²) in [7, 11) is 0. The van der Waals surface area contributed by atoms with Crippen LogP contribution in [-0.2, 0) is 4.79 Å². The normalized spacial score (nSPS) is 13.0. The maximum absolute atomic E-state index is 14.5. The SMILES string of the molecule is [N-]=[N+]=Nc1c(F)c(F)c(C(=O)Nc2cccc3c(C(=O)C(=O)N4CCN(C(=O)c5ccccc5)CC4)c[nH]c23)c(F)c1F. The number of aromatic nitrogens is 1. The molecule has 3 amide bonds. The summed E-state index contributed by atoms with van der Waals surface area (Å²) in [5.74, 6) is -11.7. The molecule has 3 aromatic carbocycles. The second-order valence-corrected chi connectivity index (χ2v) is 9.33. The number of aromatic amines is 1. The van der Waals surface area contributed by atoms with Crippen LogP contribution in [0.4, 0.5) is 28.9 Å². The van der Waals surface area contributed by atoms with E-state index in [4.69, 9.17) is 5.53 Å². The number of ketones is 1. The largest absolute Gasteiger partial charge is 0.359 e. The molecule has 1 saturated heterocycles. The highest BCUT2D eigenvalue weighted by Crippen LogP contribution is 2.32. The molecule has 0 unspecified atom stereocenters. The summed E-state index contributed by atoms with van der Waals surface area (Å²) >= 11 is 0. The molecule has 15 heteroatoms. The molecule has 0 spiro atoms. The fraction of sp³-hybridized carbons (Fsp3) is 0.143. The Balaban J connectivity index is 1.33. The van der Waals surface area contributed by atoms with Gasteiger partial charge in [-0.25, -0.2) is 17.6 Å². The van der Waals surface area contributed by atoms with Crippen LogP contribution in [-0.4, -0.2) is 64.5 Å². The molecule has 0 bridgehead atoms. The molecule has 0 saturated carbocycles. The van der Waals surface area contributed by atoms with E-state index in [1.54, 1.807) is 35.2 Å². The quantitative estimate of drug-likeness (QED) is 0.0609. The van der Waals surface area contributed by atoms with E-state index in [0.717, 1.165) is 0 Å². The summed E-state index contributed by atoms with van der Waals surface area (Å²) in [6, 6.07) is 12.7. The van der Waals surface area contributed by atoms with E-state index in [-0.39, 0.29) is 54.2 Å². The van der Waals surface area contributed by atoms with Crippen LogP contribution in [0.2, 0.25) is 0 Å². The number of halogens is 4. The lowest BCUT2D eigenvalue weighted by molar-refractivity contribution is -0.127. The van der Waals surface area contributed by atoms with Crippen LogP contribution in [0.25, 0.3) is 21.3 Å². The van der Waals surface area contributed by atoms with Crippen molar-refractivity contribution in [1.82, 2.24) is 14.8 Å². The molecule has 1 aliphatic rings. The molecule has 1 fully saturated rings. The van der Waals surface area contributed by atoms with Gasteiger partial charge >= 0.3 is 0 Å². The molecule has 0 radical (unpaired) electrons. The zero-order valence-electron chi connectivity index (χ0n) is 21.9. The topological polar surface area (TPSA) is 151 Å². The number of amides is 3. The monoisotopic (exact) mass is 593 g/mol. The van der Waals surface area contributed by atoms with E-state index in [0.29, 0.717) is 5.56 Å². The van der Waals surface area contributed by atoms with Gasteiger partial charge < -0.3 is 20.1 Å². The van der Waals surface area contributed by atoms with Crippen LogP contribution >= 0.6 is 0 Å². The molecule has 2 N–H and O–H groups in total. The number of para-hydroxylation sites is 1. The average molecular weight is 593 g/mol. The average Bonchev–Trinajstić information content (AvgIpc) is 3.47. The number of nitrogens with zero attached hydrogens (tertiary/aromatic N) is 5. The molecule has 4 aromatic rings. The Labute approximate surface area is 239 Å². The summed E-state index contributed by atoms with van der Waals surface area (Å²) in [5.41, 5.74) is 5.60. The predicted octanol–water partition coefficient (Wildman–Crippen LogP) is 5.09. The molecule has 1 aliphatic heterocycles. The number of anilines is 1. The lowest BCUT2D eigenvalue weighted by Crippen LogP contribution is -2.52. The van der Waals surface area contributed by atoms with Gasteiger partial charge in [-0.2, -0.15) is 0 Å². The minimum atomic E-state index is -2.08. The second-order valence-electron chi connectivity index (χ2n) is 9.33. The Hall–Kier alpha value is -5.69. The Kier molecular flexibility index (Phi) is 7.82. The van der Waals surface area contributed by atoms with Gasteiger partial charge in [0.1, 0.15) is 11.3 Å². The Morgan fingerprint density at radius 1 is 0.837 bits per heavy atom. The van der Waals surface area contributed by atoms with Gasteiger partial charge in [-0.3, -0.25) is 19.2 Å². The summed E-state index contributed by atoms with van der Waals surface area (Å²) in [6.45, 7) is 0.676. The molecule has 0 atom stereocenters. The standard InChI is InChI=1S/C28H19F4N7O4/c29-19-18(20(30)22(32)24(21(19)31)36-37-33)26(41)35-17-8-4-7-15-16(13-34-23(15)17)25(40)28(43)39-11-9-38(10-12-39)27(42)14-5-2-1-3-6-14/h1-8,13,34H,9-12H2,(H,35,41). The van der Waals surface area contributed by atoms with Crippen LogP contribution < -0.4 is 5.32 Å². The van der Waals surface area contributed by atoms with Crippen molar-refractivity contribution >= 4 is 45.8 Å². The molecule has 2 heterocycles. The van der Waals surface area contributed by atoms with Crippen LogP contribution in [0, 0.1) is 23.3 Å². The number of fused-ring (bicyclic) bond motifs is 1. The summed E-state index contributed by atoms with van der Waals surface area (Å²) in [5, 5.41) is 4.88. The smallest absolute Gasteiger partial charge is 0.295 e. The van der Waals surface area contributed by atoms with Crippen LogP contribution in [0.15, 0.2) is 59.8 Å². The van der Waals surface area contributed by atoms with E-state index < -0.39 is 52.1 Å². The first-order chi connectivity index (χ1) is 20.6. The number of azide groups is 1. The molecular weight excluding hydrogens is 574 g/mol. The van der Waals surface area contributed by atoms with E-state index in [1.807, 2.05) is 0 Å². The van der Waals surface area contributed by atoms with Crippen molar-refractivity contribution in [3.8, 4) is 0 Å². The number of benzene rings is 3. The molecule has 0 aliphatic carbocycles. The fourth-order valence-electron chi connectivity index (χ4n) is 4.72. The number of nitrogens with one attached hydrogen (secondary N) is 2. The van der Waals surface area contributed by atoms with Gasteiger partial charge in [0.25, 0.3) is 23.5 Å². The Morgan fingerprint density at radius 2 is 1.47 bits per heavy atom. The van der Waals surface area contributed by atoms with Gasteiger partial charge in [0.2, 0.25) is 0 Å². The number of carbonyl (C=O) groups excluding carboxylic acids is 4. The predicted molar refractivity (Wildman–Crippen MR) is 145 cm³/mol. The highest BCUT2D eigenvalue weighted by atomic mass is 19.2. The highest BCUT2D eigenvalue weighted by molar-refractivity contribution is 6.45. The minimum Gasteiger partial charge on any atom is -0.359 e. The highest BCUT2D eigenvalue weighted by Gasteiger charge is 2.32. The number of H-pyrrole nitrogens is 1. The van der Waals surface area contributed by atoms with Crippen LogP contribution in [0.5, 0.6) is 0 Å². The molecule has 218 valence electrons. The van der Waals surface area contributed by atoms with Gasteiger partial charge in [-0.15, -0.1) is 0 Å². The number of piperazine rings is 1. The van der Waals surface area contributed by atoms with Crippen molar-refractivity contribution in [3.05, 3.63) is 105 Å². The van der Waals surface area contributed by atoms with Gasteiger partial charge in [0, 0.05) is 48.2 Å². The minimum absolute atomic E-state index is 0.0629. The lowest BCUT2D eigenvalue weighted by Gasteiger charge is -2.34. The number of carbonyl (C=O) groups is 4. The zero-order valence-corrected chi connectivity index (χ0v) is 21.9. The fourth-order valence-corrected chi connectivity index (χ4v) is 4.72. The van der Waals surface area contributed by atoms with Gasteiger partial charge in [0.05, 0.1) is 16.8 Å². The summed E-state index contributed by atoms with van der Waals surface area (Å²) in [6.07, 6.45) is 1.21. The molecule has 1 aromatic heterocycles. The van der Waals surface area contributed by atoms with Gasteiger partial charge in [-0.1, -0.05) is 35.4 Å². The molecule has 5 rings (SSSR count). The van der Waals surface area contributed by atoms with Crippen molar-refractivity contribution < 1.29 is 36.7 Å². The number of hydrogen-bond acceptors (Lipinski definition) is 5. The Bertz CT molecular complexity index is 1820. The first-order valence-corrected chi connectivity index (χ1v) is 12.6. The second kappa shape index (κ2) is 11.7. The third-order valence-corrected chi connectivity index (χ3v) is 6.89. The Morgan fingerprint density at radius 3 is 2.09 bits per heavy atom. The summed E-state index contributed by atoms with van der Waals surface area (Å²) in [4.78, 5) is 59.3. The van der Waals surface area contributed by atoms with Crippen LogP contribution in [0.3, 0.4) is 0 Å². The van der Waals surface area contributed by atoms with Crippen LogP contribution in [0.1, 0.15) is 31.1 Å². The maximum atomic E-state index is 14.5. The maximum Gasteiger partial charge on any atom is 0.295 e. The number of rotatable bonds is 6. The number of Topliss-reactive ketones (excluding diaryl/α,β-unsaturated/α-hetero) is 1. The van der Waals surface area contributed by atoms with Crippen molar-refractivity contribution in [3.63, 3.8) is 0 Å². The molecule has 11 nitrogen and oxygen atoms in total. The van der Waals surface area contributed by atoms with E-state index in [2.05, 4.69) is 20.3 Å². The third kappa shape index (κ3) is 5.24. The van der Waals surface area contributed by atoms with Gasteiger partial charge in [-0.05, 0) is 23.7 Å². The van der Waals surface area contributed by atoms with E-state index in [1.165, 1.54) is 29.3 Å². The van der Waals surface area contributed by atoms with E-state index >= 15 is 0 Å². The third-order valence-electron chi connectivity index (χ3n) is 6.89. The van der Waals surface area contributed by atoms with Gasteiger partial charge in [0.15, 0.2) is 23.3 Å². The first-order valence-electron chi connectivity index (χ1n) is 12.6. The van der Waals surface area contributed by atoms with Crippen molar-refractivity contribution in [2.45, 2.75) is 0 Å². The van der Waals surface area contributed by atoms with Crippen molar-refractivity contribution in [1.29, 1.82) is 0 Å². The zero-order chi connectivity index (χ0) is 30.8.